The van der Waals surface area contributed by atoms with Gasteiger partial charge in [0.15, 0.2) is 5.78 Å². The first kappa shape index (κ1) is 9.50. The molecule has 1 aliphatic rings. The van der Waals surface area contributed by atoms with Gasteiger partial charge >= 0.3 is 0 Å². The van der Waals surface area contributed by atoms with E-state index >= 15 is 0 Å². The molecule has 1 aliphatic carbocycles. The molecule has 1 saturated carbocycles. The van der Waals surface area contributed by atoms with Crippen molar-refractivity contribution in [1.29, 1.82) is 0 Å². The fraction of sp³-hybridized carbons (Fsp3) is 0.727. The molecule has 2 unspecified atom stereocenters. The van der Waals surface area contributed by atoms with Gasteiger partial charge < -0.3 is 0 Å². The van der Waals surface area contributed by atoms with Crippen molar-refractivity contribution in [2.45, 2.75) is 39.0 Å². The van der Waals surface area contributed by atoms with Gasteiger partial charge in [0.25, 0.3) is 0 Å². The maximum absolute atomic E-state index is 11.2. The van der Waals surface area contributed by atoms with Crippen LogP contribution in [0.2, 0.25) is 0 Å². The van der Waals surface area contributed by atoms with Crippen LogP contribution in [0.4, 0.5) is 0 Å². The van der Waals surface area contributed by atoms with Crippen LogP contribution in [-0.4, -0.2) is 5.78 Å². The molecule has 0 aromatic rings. The first-order chi connectivity index (χ1) is 5.77. The summed E-state index contributed by atoms with van der Waals surface area (Å²) in [5.74, 6) is 1.37. The van der Waals surface area contributed by atoms with E-state index in [1.807, 2.05) is 0 Å². The van der Waals surface area contributed by atoms with Gasteiger partial charge in [-0.3, -0.25) is 4.79 Å². The molecule has 0 spiro atoms. The molecule has 0 amide bonds. The normalized spacial score (nSPS) is 28.8. The summed E-state index contributed by atoms with van der Waals surface area (Å²) in [6, 6.07) is 0. The smallest absolute Gasteiger partial charge is 0.158 e. The Morgan fingerprint density at radius 2 is 2.33 bits per heavy atom. The van der Waals surface area contributed by atoms with Crippen molar-refractivity contribution in [3.63, 3.8) is 0 Å². The van der Waals surface area contributed by atoms with Gasteiger partial charge in [0.05, 0.1) is 0 Å². The van der Waals surface area contributed by atoms with E-state index in [0.717, 1.165) is 18.8 Å². The minimum absolute atomic E-state index is 0.258. The van der Waals surface area contributed by atoms with E-state index in [1.54, 1.807) is 0 Å². The molecular weight excluding hydrogens is 148 g/mol. The standard InChI is InChI=1S/C11H18O/c1-3-5-9-6-7-10(8-9)11(12)4-2/h4,9-10H,2-3,5-8H2,1H3. The van der Waals surface area contributed by atoms with Crippen molar-refractivity contribution in [3.05, 3.63) is 12.7 Å². The number of allylic oxidation sites excluding steroid dienone is 1. The number of rotatable bonds is 4. The van der Waals surface area contributed by atoms with Crippen molar-refractivity contribution in [2.24, 2.45) is 11.8 Å². The highest BCUT2D eigenvalue weighted by molar-refractivity contribution is 5.91. The summed E-state index contributed by atoms with van der Waals surface area (Å²) in [5, 5.41) is 0. The van der Waals surface area contributed by atoms with Gasteiger partial charge in [0.2, 0.25) is 0 Å². The van der Waals surface area contributed by atoms with E-state index in [1.165, 1.54) is 25.3 Å². The van der Waals surface area contributed by atoms with E-state index in [2.05, 4.69) is 13.5 Å². The third-order valence-electron chi connectivity index (χ3n) is 2.84. The first-order valence-corrected chi connectivity index (χ1v) is 4.94. The maximum Gasteiger partial charge on any atom is 0.158 e. The lowest BCUT2D eigenvalue weighted by Crippen LogP contribution is -2.07. The monoisotopic (exact) mass is 166 g/mol. The van der Waals surface area contributed by atoms with E-state index < -0.39 is 0 Å². The van der Waals surface area contributed by atoms with Crippen LogP contribution in [-0.2, 0) is 4.79 Å². The molecule has 12 heavy (non-hydrogen) atoms. The molecule has 0 radical (unpaired) electrons. The predicted molar refractivity (Wildman–Crippen MR) is 50.9 cm³/mol. The van der Waals surface area contributed by atoms with Gasteiger partial charge in [-0.1, -0.05) is 26.3 Å². The van der Waals surface area contributed by atoms with Crippen LogP contribution >= 0.6 is 0 Å². The third kappa shape index (κ3) is 2.20. The quantitative estimate of drug-likeness (QED) is 0.587. The van der Waals surface area contributed by atoms with E-state index in [0.29, 0.717) is 5.92 Å². The Kier molecular flexibility index (Phi) is 3.51. The highest BCUT2D eigenvalue weighted by atomic mass is 16.1. The average molecular weight is 166 g/mol. The minimum Gasteiger partial charge on any atom is -0.295 e. The largest absolute Gasteiger partial charge is 0.295 e. The lowest BCUT2D eigenvalue weighted by atomic mass is 9.98. The van der Waals surface area contributed by atoms with Crippen LogP contribution in [0, 0.1) is 11.8 Å². The molecule has 2 atom stereocenters. The highest BCUT2D eigenvalue weighted by Crippen LogP contribution is 2.34. The minimum atomic E-state index is 0.258. The van der Waals surface area contributed by atoms with Crippen molar-refractivity contribution in [1.82, 2.24) is 0 Å². The Bertz CT molecular complexity index is 172. The number of carbonyl (C=O) groups excluding carboxylic acids is 1. The Hall–Kier alpha value is -0.590. The second-order valence-corrected chi connectivity index (χ2v) is 3.77. The summed E-state index contributed by atoms with van der Waals surface area (Å²) in [4.78, 5) is 11.2. The molecule has 1 rings (SSSR count). The lowest BCUT2D eigenvalue weighted by molar-refractivity contribution is -0.118. The Labute approximate surface area is 74.9 Å². The molecule has 0 saturated heterocycles. The van der Waals surface area contributed by atoms with Crippen LogP contribution in [0.25, 0.3) is 0 Å². The summed E-state index contributed by atoms with van der Waals surface area (Å²) in [6.45, 7) is 5.74. The molecule has 0 aromatic heterocycles. The third-order valence-corrected chi connectivity index (χ3v) is 2.84. The van der Waals surface area contributed by atoms with E-state index in [9.17, 15) is 4.79 Å². The van der Waals surface area contributed by atoms with Gasteiger partial charge in [-0.15, -0.1) is 0 Å². The Morgan fingerprint density at radius 1 is 1.58 bits per heavy atom. The first-order valence-electron chi connectivity index (χ1n) is 4.94. The van der Waals surface area contributed by atoms with Crippen molar-refractivity contribution >= 4 is 5.78 Å². The van der Waals surface area contributed by atoms with E-state index in [-0.39, 0.29) is 5.78 Å². The lowest BCUT2D eigenvalue weighted by Gasteiger charge is -2.06. The zero-order chi connectivity index (χ0) is 8.97. The molecule has 0 aromatic carbocycles. The van der Waals surface area contributed by atoms with Crippen molar-refractivity contribution in [2.75, 3.05) is 0 Å². The summed E-state index contributed by atoms with van der Waals surface area (Å²) in [6.07, 6.45) is 7.48. The van der Waals surface area contributed by atoms with Gasteiger partial charge in [0.1, 0.15) is 0 Å². The molecular formula is C11H18O. The van der Waals surface area contributed by atoms with Gasteiger partial charge in [-0.25, -0.2) is 0 Å². The van der Waals surface area contributed by atoms with Crippen LogP contribution in [0.15, 0.2) is 12.7 Å². The predicted octanol–water partition coefficient (Wildman–Crippen LogP) is 2.96. The Balaban J connectivity index is 2.34. The SMILES string of the molecule is C=CC(=O)C1CCC(CCC)C1. The molecule has 0 aliphatic heterocycles. The zero-order valence-electron chi connectivity index (χ0n) is 7.88. The van der Waals surface area contributed by atoms with Crippen molar-refractivity contribution < 1.29 is 4.79 Å². The summed E-state index contributed by atoms with van der Waals surface area (Å²) >= 11 is 0. The highest BCUT2D eigenvalue weighted by Gasteiger charge is 2.27. The number of hydrogen-bond donors (Lipinski definition) is 0. The van der Waals surface area contributed by atoms with Crippen LogP contribution < -0.4 is 0 Å². The maximum atomic E-state index is 11.2. The molecule has 68 valence electrons. The molecule has 0 N–H and O–H groups in total. The summed E-state index contributed by atoms with van der Waals surface area (Å²) < 4.78 is 0. The van der Waals surface area contributed by atoms with Crippen molar-refractivity contribution in [3.8, 4) is 0 Å². The van der Waals surface area contributed by atoms with Gasteiger partial charge in [-0.2, -0.15) is 0 Å². The molecule has 1 nitrogen and oxygen atoms in total. The van der Waals surface area contributed by atoms with E-state index in [4.69, 9.17) is 0 Å². The number of hydrogen-bond acceptors (Lipinski definition) is 1. The fourth-order valence-corrected chi connectivity index (χ4v) is 2.17. The summed E-state index contributed by atoms with van der Waals surface area (Å²) in [7, 11) is 0. The summed E-state index contributed by atoms with van der Waals surface area (Å²) in [5.41, 5.74) is 0. The molecule has 0 bridgehead atoms. The molecule has 1 fully saturated rings. The molecule has 0 heterocycles. The fourth-order valence-electron chi connectivity index (χ4n) is 2.17. The average Bonchev–Trinajstić information content (AvgIpc) is 2.52. The number of ketones is 1. The van der Waals surface area contributed by atoms with Crippen LogP contribution in [0.3, 0.4) is 0 Å². The molecule has 1 heteroatoms. The second kappa shape index (κ2) is 4.44. The topological polar surface area (TPSA) is 17.1 Å². The van der Waals surface area contributed by atoms with Crippen LogP contribution in [0.5, 0.6) is 0 Å². The zero-order valence-corrected chi connectivity index (χ0v) is 7.88. The Morgan fingerprint density at radius 3 is 2.92 bits per heavy atom. The second-order valence-electron chi connectivity index (χ2n) is 3.77. The van der Waals surface area contributed by atoms with Gasteiger partial charge in [-0.05, 0) is 31.3 Å². The number of carbonyl (C=O) groups is 1. The van der Waals surface area contributed by atoms with Gasteiger partial charge in [0, 0.05) is 5.92 Å². The van der Waals surface area contributed by atoms with Crippen LogP contribution in [0.1, 0.15) is 39.0 Å².